The maximum atomic E-state index is 12.8. The number of hydrogen-bond donors (Lipinski definition) is 0. The molecule has 2 aliphatic rings. The van der Waals surface area contributed by atoms with Gasteiger partial charge in [-0.2, -0.15) is 0 Å². The number of carbonyl (C=O) groups excluding carboxylic acids is 2. The first kappa shape index (κ1) is 17.6. The largest absolute Gasteiger partial charge is 0.368 e. The van der Waals surface area contributed by atoms with E-state index in [0.29, 0.717) is 12.2 Å². The molecular weight excluding hydrogens is 370 g/mol. The number of halogens is 1. The van der Waals surface area contributed by atoms with Crippen molar-refractivity contribution in [1.82, 2.24) is 0 Å². The fourth-order valence-corrected chi connectivity index (χ4v) is 3.77. The minimum atomic E-state index is -0.312. The van der Waals surface area contributed by atoms with Gasteiger partial charge in [-0.1, -0.05) is 29.8 Å². The van der Waals surface area contributed by atoms with Gasteiger partial charge < -0.3 is 9.64 Å². The lowest BCUT2D eigenvalue weighted by Crippen LogP contribution is -2.42. The lowest BCUT2D eigenvalue weighted by atomic mass is 9.98. The molecule has 24 heavy (non-hydrogen) atoms. The summed E-state index contributed by atoms with van der Waals surface area (Å²) in [6.45, 7) is 6.76. The number of anilines is 1. The Morgan fingerprint density at radius 3 is 2.71 bits per heavy atom. The van der Waals surface area contributed by atoms with Gasteiger partial charge in [0.05, 0.1) is 4.83 Å². The van der Waals surface area contributed by atoms with Crippen LogP contribution in [0.1, 0.15) is 49.5 Å². The number of benzene rings is 1. The zero-order valence-electron chi connectivity index (χ0n) is 14.4. The maximum absolute atomic E-state index is 12.8. The Balaban J connectivity index is 1.85. The van der Waals surface area contributed by atoms with E-state index in [-0.39, 0.29) is 34.6 Å². The summed E-state index contributed by atoms with van der Waals surface area (Å²) in [6, 6.07) is 5.81. The van der Waals surface area contributed by atoms with E-state index < -0.39 is 0 Å². The first-order valence-electron chi connectivity index (χ1n) is 8.66. The lowest BCUT2D eigenvalue weighted by Gasteiger charge is -2.25. The molecule has 0 aromatic heterocycles. The number of rotatable bonds is 4. The van der Waals surface area contributed by atoms with Gasteiger partial charge >= 0.3 is 0 Å². The molecule has 2 aliphatic heterocycles. The number of fused-ring (bicyclic) bond motifs is 1. The number of ether oxygens (including phenoxy) is 1. The molecule has 5 heteroatoms. The number of ketones is 1. The number of Topliss-reactive ketones (excluding diaryl/α,β-unsaturated/α-hetero) is 1. The van der Waals surface area contributed by atoms with Crippen LogP contribution in [0.15, 0.2) is 18.2 Å². The van der Waals surface area contributed by atoms with Gasteiger partial charge in [-0.25, -0.2) is 0 Å². The fraction of sp³-hybridized carbons (Fsp3) is 0.579. The Hall–Kier alpha value is -1.20. The van der Waals surface area contributed by atoms with Crippen molar-refractivity contribution < 1.29 is 14.3 Å². The third-order valence-electron chi connectivity index (χ3n) is 4.86. The SMILES string of the molecule is CC(C)C(Br)C(=O)c1ccc2c(c1)CC(C)N2C(=O)C1CCCO1. The van der Waals surface area contributed by atoms with Crippen molar-refractivity contribution in [2.45, 2.75) is 57.0 Å². The molecule has 0 N–H and O–H groups in total. The molecule has 0 radical (unpaired) electrons. The Morgan fingerprint density at radius 1 is 1.33 bits per heavy atom. The van der Waals surface area contributed by atoms with E-state index in [2.05, 4.69) is 22.9 Å². The summed E-state index contributed by atoms with van der Waals surface area (Å²) in [7, 11) is 0. The van der Waals surface area contributed by atoms with Crippen LogP contribution in [0.4, 0.5) is 5.69 Å². The molecule has 0 bridgehead atoms. The molecule has 0 saturated carbocycles. The highest BCUT2D eigenvalue weighted by atomic mass is 79.9. The first-order chi connectivity index (χ1) is 11.4. The molecule has 0 aliphatic carbocycles. The molecule has 3 atom stereocenters. The van der Waals surface area contributed by atoms with Gasteiger partial charge in [0.1, 0.15) is 6.10 Å². The van der Waals surface area contributed by atoms with Crippen LogP contribution in [-0.2, 0) is 16.0 Å². The van der Waals surface area contributed by atoms with Gasteiger partial charge in [0.15, 0.2) is 5.78 Å². The Morgan fingerprint density at radius 2 is 2.08 bits per heavy atom. The maximum Gasteiger partial charge on any atom is 0.256 e. The zero-order valence-corrected chi connectivity index (χ0v) is 16.0. The first-order valence-corrected chi connectivity index (χ1v) is 9.57. The molecule has 2 heterocycles. The normalized spacial score (nSPS) is 24.3. The van der Waals surface area contributed by atoms with Gasteiger partial charge in [-0.3, -0.25) is 9.59 Å². The second-order valence-corrected chi connectivity index (χ2v) is 8.10. The molecule has 1 amide bonds. The van der Waals surface area contributed by atoms with E-state index in [9.17, 15) is 9.59 Å². The number of amides is 1. The van der Waals surface area contributed by atoms with Crippen LogP contribution in [-0.4, -0.2) is 35.3 Å². The summed E-state index contributed by atoms with van der Waals surface area (Å²) < 4.78 is 5.56. The average Bonchev–Trinajstić information content (AvgIpc) is 3.19. The predicted octanol–water partition coefficient (Wildman–Crippen LogP) is 3.75. The standard InChI is InChI=1S/C19H24BrNO3/c1-11(2)17(20)18(22)13-6-7-15-14(10-13)9-12(3)21(15)19(23)16-5-4-8-24-16/h6-7,10-12,16-17H,4-5,8-9H2,1-3H3. The fourth-order valence-electron chi connectivity index (χ4n) is 3.51. The minimum Gasteiger partial charge on any atom is -0.368 e. The van der Waals surface area contributed by atoms with E-state index in [1.807, 2.05) is 36.9 Å². The topological polar surface area (TPSA) is 46.6 Å². The number of hydrogen-bond acceptors (Lipinski definition) is 3. The van der Waals surface area contributed by atoms with Gasteiger partial charge in [0, 0.05) is 23.9 Å². The van der Waals surface area contributed by atoms with Crippen molar-refractivity contribution in [3.8, 4) is 0 Å². The Kier molecular flexibility index (Phi) is 5.11. The van der Waals surface area contributed by atoms with Crippen molar-refractivity contribution in [3.05, 3.63) is 29.3 Å². The van der Waals surface area contributed by atoms with Crippen molar-refractivity contribution >= 4 is 33.3 Å². The van der Waals surface area contributed by atoms with E-state index in [1.54, 1.807) is 0 Å². The van der Waals surface area contributed by atoms with Crippen LogP contribution in [0.2, 0.25) is 0 Å². The number of alkyl halides is 1. The minimum absolute atomic E-state index is 0.0541. The molecule has 1 saturated heterocycles. The second kappa shape index (κ2) is 6.96. The van der Waals surface area contributed by atoms with Crippen LogP contribution < -0.4 is 4.90 Å². The van der Waals surface area contributed by atoms with Crippen molar-refractivity contribution in [2.75, 3.05) is 11.5 Å². The lowest BCUT2D eigenvalue weighted by molar-refractivity contribution is -0.127. The third-order valence-corrected chi connectivity index (χ3v) is 6.33. The zero-order chi connectivity index (χ0) is 17.4. The molecule has 3 rings (SSSR count). The molecule has 1 fully saturated rings. The number of carbonyl (C=O) groups is 2. The highest BCUT2D eigenvalue weighted by molar-refractivity contribution is 9.10. The summed E-state index contributed by atoms with van der Waals surface area (Å²) in [6.07, 6.45) is 2.21. The van der Waals surface area contributed by atoms with Crippen LogP contribution >= 0.6 is 15.9 Å². The van der Waals surface area contributed by atoms with E-state index in [4.69, 9.17) is 4.74 Å². The highest BCUT2D eigenvalue weighted by Crippen LogP contribution is 2.35. The van der Waals surface area contributed by atoms with Gasteiger partial charge in [-0.15, -0.1) is 0 Å². The molecule has 4 nitrogen and oxygen atoms in total. The van der Waals surface area contributed by atoms with Gasteiger partial charge in [0.2, 0.25) is 0 Å². The summed E-state index contributed by atoms with van der Waals surface area (Å²) in [5, 5.41) is 0. The van der Waals surface area contributed by atoms with Gasteiger partial charge in [0.25, 0.3) is 5.91 Å². The van der Waals surface area contributed by atoms with Crippen LogP contribution in [0.25, 0.3) is 0 Å². The predicted molar refractivity (Wildman–Crippen MR) is 98.0 cm³/mol. The van der Waals surface area contributed by atoms with E-state index in [1.165, 1.54) is 0 Å². The molecule has 0 spiro atoms. The van der Waals surface area contributed by atoms with E-state index >= 15 is 0 Å². The van der Waals surface area contributed by atoms with Gasteiger partial charge in [-0.05, 0) is 55.9 Å². The number of nitrogens with zero attached hydrogens (tertiary/aromatic N) is 1. The molecule has 1 aromatic rings. The van der Waals surface area contributed by atoms with E-state index in [0.717, 1.165) is 30.5 Å². The van der Waals surface area contributed by atoms with Crippen LogP contribution in [0.3, 0.4) is 0 Å². The second-order valence-electron chi connectivity index (χ2n) is 7.12. The molecule has 3 unspecified atom stereocenters. The Bertz CT molecular complexity index is 652. The summed E-state index contributed by atoms with van der Waals surface area (Å²) in [5.41, 5.74) is 2.71. The average molecular weight is 394 g/mol. The highest BCUT2D eigenvalue weighted by Gasteiger charge is 2.37. The third kappa shape index (κ3) is 3.16. The summed E-state index contributed by atoms with van der Waals surface area (Å²) >= 11 is 3.49. The van der Waals surface area contributed by atoms with Crippen LogP contribution in [0.5, 0.6) is 0 Å². The van der Waals surface area contributed by atoms with Crippen molar-refractivity contribution in [3.63, 3.8) is 0 Å². The van der Waals surface area contributed by atoms with Crippen molar-refractivity contribution in [2.24, 2.45) is 5.92 Å². The molecule has 130 valence electrons. The molecule has 1 aromatic carbocycles. The summed E-state index contributed by atoms with van der Waals surface area (Å²) in [5.74, 6) is 0.394. The smallest absolute Gasteiger partial charge is 0.256 e. The quantitative estimate of drug-likeness (QED) is 0.577. The Labute approximate surface area is 151 Å². The molecular formula is C19H24BrNO3. The van der Waals surface area contributed by atoms with Crippen molar-refractivity contribution in [1.29, 1.82) is 0 Å². The monoisotopic (exact) mass is 393 g/mol. The summed E-state index contributed by atoms with van der Waals surface area (Å²) in [4.78, 5) is 27.0. The van der Waals surface area contributed by atoms with Crippen LogP contribution in [0, 0.1) is 5.92 Å².